The molecule has 106 valence electrons. The van der Waals surface area contributed by atoms with Crippen LogP contribution in [-0.4, -0.2) is 16.1 Å². The first kappa shape index (κ1) is 15.5. The second-order valence-electron chi connectivity index (χ2n) is 4.72. The first-order valence-electron chi connectivity index (χ1n) is 5.72. The van der Waals surface area contributed by atoms with Crippen molar-refractivity contribution in [2.24, 2.45) is 0 Å². The highest BCUT2D eigenvalue weighted by atomic mass is 79.9. The summed E-state index contributed by atoms with van der Waals surface area (Å²) >= 11 is 8.25. The lowest BCUT2D eigenvalue weighted by molar-refractivity contribution is -0.142. The molecule has 0 saturated heterocycles. The zero-order valence-corrected chi connectivity index (χ0v) is 14.8. The molecule has 20 heavy (non-hydrogen) atoms. The Bertz CT molecular complexity index is 656. The highest BCUT2D eigenvalue weighted by molar-refractivity contribution is 9.11. The van der Waals surface area contributed by atoms with Crippen molar-refractivity contribution in [2.75, 3.05) is 5.32 Å². The van der Waals surface area contributed by atoms with E-state index in [1.807, 2.05) is 18.2 Å². The third-order valence-corrected chi connectivity index (χ3v) is 4.79. The van der Waals surface area contributed by atoms with Crippen molar-refractivity contribution < 1.29 is 9.90 Å². The summed E-state index contributed by atoms with van der Waals surface area (Å²) in [6.07, 6.45) is 0. The van der Waals surface area contributed by atoms with Gasteiger partial charge in [0, 0.05) is 14.3 Å². The Morgan fingerprint density at radius 1 is 1.40 bits per heavy atom. The summed E-state index contributed by atoms with van der Waals surface area (Å²) in [7, 11) is 0. The van der Waals surface area contributed by atoms with E-state index in [0.717, 1.165) is 14.6 Å². The van der Waals surface area contributed by atoms with Crippen LogP contribution in [0.2, 0.25) is 0 Å². The molecule has 0 bridgehead atoms. The lowest BCUT2D eigenvalue weighted by atomic mass is 9.90. The van der Waals surface area contributed by atoms with Crippen molar-refractivity contribution in [1.82, 2.24) is 4.98 Å². The van der Waals surface area contributed by atoms with E-state index in [1.165, 1.54) is 11.3 Å². The standard InChI is InChI=1S/C13H12Br2N2O2S/c1-13(2,11(18)19)10-6-20-12(17-10)16-9-5-7(14)3-4-8(9)15/h3-6H,1-2H3,(H,16,17)(H,18,19). The topological polar surface area (TPSA) is 62.2 Å². The number of carboxylic acids is 1. The van der Waals surface area contributed by atoms with Gasteiger partial charge in [0.1, 0.15) is 5.41 Å². The molecule has 0 atom stereocenters. The Morgan fingerprint density at radius 3 is 2.75 bits per heavy atom. The van der Waals surface area contributed by atoms with Gasteiger partial charge >= 0.3 is 5.97 Å². The molecule has 0 aliphatic rings. The molecule has 0 unspecified atom stereocenters. The number of aliphatic carboxylic acids is 1. The fraction of sp³-hybridized carbons (Fsp3) is 0.231. The number of nitrogens with one attached hydrogen (secondary N) is 1. The molecule has 1 heterocycles. The molecule has 2 aromatic rings. The fourth-order valence-electron chi connectivity index (χ4n) is 1.44. The predicted molar refractivity (Wildman–Crippen MR) is 87.9 cm³/mol. The summed E-state index contributed by atoms with van der Waals surface area (Å²) in [5.41, 5.74) is 0.419. The summed E-state index contributed by atoms with van der Waals surface area (Å²) in [5.74, 6) is -0.891. The van der Waals surface area contributed by atoms with E-state index in [-0.39, 0.29) is 0 Å². The van der Waals surface area contributed by atoms with E-state index in [9.17, 15) is 9.90 Å². The Morgan fingerprint density at radius 2 is 2.10 bits per heavy atom. The van der Waals surface area contributed by atoms with Crippen LogP contribution in [0, 0.1) is 0 Å². The first-order valence-corrected chi connectivity index (χ1v) is 8.19. The van der Waals surface area contributed by atoms with E-state index in [1.54, 1.807) is 19.2 Å². The van der Waals surface area contributed by atoms with Crippen LogP contribution in [0.25, 0.3) is 0 Å². The van der Waals surface area contributed by atoms with Gasteiger partial charge in [-0.25, -0.2) is 4.98 Å². The van der Waals surface area contributed by atoms with Gasteiger partial charge in [0.05, 0.1) is 11.4 Å². The normalized spacial score (nSPS) is 11.4. The number of benzene rings is 1. The molecule has 4 nitrogen and oxygen atoms in total. The number of nitrogens with zero attached hydrogens (tertiary/aromatic N) is 1. The number of halogens is 2. The number of carboxylic acid groups (broad SMARTS) is 1. The second-order valence-corrected chi connectivity index (χ2v) is 7.35. The minimum absolute atomic E-state index is 0.545. The fourth-order valence-corrected chi connectivity index (χ4v) is 3.03. The van der Waals surface area contributed by atoms with Crippen LogP contribution in [0.3, 0.4) is 0 Å². The summed E-state index contributed by atoms with van der Waals surface area (Å²) in [5, 5.41) is 14.8. The average molecular weight is 420 g/mol. The van der Waals surface area contributed by atoms with Crippen LogP contribution in [-0.2, 0) is 10.2 Å². The Hall–Kier alpha value is -0.920. The van der Waals surface area contributed by atoms with E-state index >= 15 is 0 Å². The van der Waals surface area contributed by atoms with Crippen LogP contribution >= 0.6 is 43.2 Å². The molecular weight excluding hydrogens is 408 g/mol. The minimum atomic E-state index is -0.995. The molecule has 0 fully saturated rings. The molecule has 0 aliphatic heterocycles. The Balaban J connectivity index is 2.26. The number of carbonyl (C=O) groups is 1. The van der Waals surface area contributed by atoms with Gasteiger partial charge < -0.3 is 10.4 Å². The highest BCUT2D eigenvalue weighted by Crippen LogP contribution is 2.32. The number of thiazole rings is 1. The number of aromatic nitrogens is 1. The average Bonchev–Trinajstić information content (AvgIpc) is 2.83. The molecule has 0 spiro atoms. The molecule has 0 radical (unpaired) electrons. The van der Waals surface area contributed by atoms with Crippen LogP contribution < -0.4 is 5.32 Å². The molecule has 0 amide bonds. The lowest BCUT2D eigenvalue weighted by Gasteiger charge is -2.15. The van der Waals surface area contributed by atoms with Crippen molar-refractivity contribution in [3.05, 3.63) is 38.2 Å². The van der Waals surface area contributed by atoms with Crippen LogP contribution in [0.1, 0.15) is 19.5 Å². The zero-order chi connectivity index (χ0) is 14.9. The molecule has 2 N–H and O–H groups in total. The van der Waals surface area contributed by atoms with Gasteiger partial charge in [0.25, 0.3) is 0 Å². The Kier molecular flexibility index (Phi) is 4.51. The maximum absolute atomic E-state index is 11.2. The summed E-state index contributed by atoms with van der Waals surface area (Å²) in [6, 6.07) is 5.77. The maximum atomic E-state index is 11.2. The van der Waals surface area contributed by atoms with Crippen molar-refractivity contribution in [3.63, 3.8) is 0 Å². The molecule has 0 aliphatic carbocycles. The van der Waals surface area contributed by atoms with Crippen molar-refractivity contribution in [2.45, 2.75) is 19.3 Å². The Labute approximate surface area is 137 Å². The SMILES string of the molecule is CC(C)(C(=O)O)c1csc(Nc2cc(Br)ccc2Br)n1. The van der Waals surface area contributed by atoms with E-state index in [0.29, 0.717) is 10.8 Å². The highest BCUT2D eigenvalue weighted by Gasteiger charge is 2.32. The van der Waals surface area contributed by atoms with Gasteiger partial charge in [-0.3, -0.25) is 4.79 Å². The summed E-state index contributed by atoms with van der Waals surface area (Å²) in [6.45, 7) is 3.28. The van der Waals surface area contributed by atoms with Crippen LogP contribution in [0.5, 0.6) is 0 Å². The largest absolute Gasteiger partial charge is 0.481 e. The van der Waals surface area contributed by atoms with Crippen LogP contribution in [0.4, 0.5) is 10.8 Å². The maximum Gasteiger partial charge on any atom is 0.315 e. The van der Waals surface area contributed by atoms with Crippen molar-refractivity contribution in [3.8, 4) is 0 Å². The van der Waals surface area contributed by atoms with Gasteiger partial charge in [-0.05, 0) is 48.0 Å². The third-order valence-electron chi connectivity index (χ3n) is 2.85. The number of hydrogen-bond donors (Lipinski definition) is 2. The van der Waals surface area contributed by atoms with Crippen LogP contribution in [0.15, 0.2) is 32.5 Å². The van der Waals surface area contributed by atoms with E-state index in [4.69, 9.17) is 0 Å². The van der Waals surface area contributed by atoms with E-state index < -0.39 is 11.4 Å². The van der Waals surface area contributed by atoms with Gasteiger partial charge in [0.2, 0.25) is 0 Å². The number of anilines is 2. The minimum Gasteiger partial charge on any atom is -0.481 e. The molecule has 7 heteroatoms. The molecular formula is C13H12Br2N2O2S. The summed E-state index contributed by atoms with van der Waals surface area (Å²) in [4.78, 5) is 15.6. The van der Waals surface area contributed by atoms with Gasteiger partial charge in [-0.2, -0.15) is 0 Å². The van der Waals surface area contributed by atoms with Gasteiger partial charge in [0.15, 0.2) is 5.13 Å². The monoisotopic (exact) mass is 418 g/mol. The van der Waals surface area contributed by atoms with Crippen molar-refractivity contribution in [1.29, 1.82) is 0 Å². The first-order chi connectivity index (χ1) is 9.30. The lowest BCUT2D eigenvalue weighted by Crippen LogP contribution is -2.28. The second kappa shape index (κ2) is 5.83. The number of rotatable bonds is 4. The summed E-state index contributed by atoms with van der Waals surface area (Å²) < 4.78 is 1.86. The predicted octanol–water partition coefficient (Wildman–Crippen LogP) is 4.77. The van der Waals surface area contributed by atoms with Crippen molar-refractivity contribution >= 4 is 60.0 Å². The third kappa shape index (κ3) is 3.21. The molecule has 1 aromatic heterocycles. The molecule has 2 rings (SSSR count). The zero-order valence-electron chi connectivity index (χ0n) is 10.8. The quantitative estimate of drug-likeness (QED) is 0.748. The molecule has 1 aromatic carbocycles. The van der Waals surface area contributed by atoms with Gasteiger partial charge in [-0.15, -0.1) is 11.3 Å². The molecule has 0 saturated carbocycles. The van der Waals surface area contributed by atoms with E-state index in [2.05, 4.69) is 42.2 Å². The number of hydrogen-bond acceptors (Lipinski definition) is 4. The smallest absolute Gasteiger partial charge is 0.315 e. The van der Waals surface area contributed by atoms with Gasteiger partial charge in [-0.1, -0.05) is 15.9 Å².